The summed E-state index contributed by atoms with van der Waals surface area (Å²) in [4.78, 5) is 23.2. The lowest BCUT2D eigenvalue weighted by atomic mass is 10.0. The maximum Gasteiger partial charge on any atom is 0.225 e. The Kier molecular flexibility index (Phi) is 4.75. The van der Waals surface area contributed by atoms with Gasteiger partial charge in [-0.3, -0.25) is 14.9 Å². The molecular weight excluding hydrogens is 340 g/mol. The third-order valence-corrected chi connectivity index (χ3v) is 5.02. The Morgan fingerprint density at radius 2 is 2.22 bits per heavy atom. The van der Waals surface area contributed by atoms with E-state index in [0.717, 1.165) is 47.7 Å². The molecule has 1 amide bonds. The van der Waals surface area contributed by atoms with Crippen LogP contribution in [-0.2, 0) is 11.3 Å². The Bertz CT molecular complexity index is 936. The van der Waals surface area contributed by atoms with E-state index in [0.29, 0.717) is 6.54 Å². The summed E-state index contributed by atoms with van der Waals surface area (Å²) < 4.78 is 0. The third kappa shape index (κ3) is 3.63. The van der Waals surface area contributed by atoms with Gasteiger partial charge in [0, 0.05) is 36.8 Å². The van der Waals surface area contributed by atoms with Crippen molar-refractivity contribution in [2.75, 3.05) is 18.4 Å². The van der Waals surface area contributed by atoms with Crippen molar-refractivity contribution >= 4 is 22.8 Å². The molecule has 1 aliphatic rings. The van der Waals surface area contributed by atoms with Crippen LogP contribution in [0.5, 0.6) is 0 Å². The molecule has 3 aromatic rings. The van der Waals surface area contributed by atoms with Crippen molar-refractivity contribution < 1.29 is 4.79 Å². The molecule has 0 aliphatic carbocycles. The molecule has 3 aromatic heterocycles. The molecule has 27 heavy (non-hydrogen) atoms. The van der Waals surface area contributed by atoms with Gasteiger partial charge in [-0.15, -0.1) is 0 Å². The number of hydrogen-bond donors (Lipinski definition) is 2. The van der Waals surface area contributed by atoms with E-state index in [1.165, 1.54) is 0 Å². The summed E-state index contributed by atoms with van der Waals surface area (Å²) in [5.74, 6) is 1.32. The van der Waals surface area contributed by atoms with Crippen LogP contribution in [0.3, 0.4) is 0 Å². The zero-order valence-electron chi connectivity index (χ0n) is 15.6. The highest BCUT2D eigenvalue weighted by Crippen LogP contribution is 2.29. The molecule has 7 nitrogen and oxygen atoms in total. The Morgan fingerprint density at radius 3 is 3.00 bits per heavy atom. The summed E-state index contributed by atoms with van der Waals surface area (Å²) in [6.07, 6.45) is 2.73. The van der Waals surface area contributed by atoms with Crippen molar-refractivity contribution in [1.29, 1.82) is 0 Å². The van der Waals surface area contributed by atoms with E-state index in [2.05, 4.69) is 32.6 Å². The van der Waals surface area contributed by atoms with Crippen molar-refractivity contribution in [3.63, 3.8) is 0 Å². The largest absolute Gasteiger partial charge is 0.362 e. The third-order valence-electron chi connectivity index (χ3n) is 5.02. The van der Waals surface area contributed by atoms with Gasteiger partial charge in [-0.05, 0) is 30.7 Å². The SMILES string of the molecule is CC(C)C(=O)N1CCC(c2ccc3c(NCc4ccccn4)n[nH]c3n2)C1. The van der Waals surface area contributed by atoms with Gasteiger partial charge in [-0.1, -0.05) is 19.9 Å². The summed E-state index contributed by atoms with van der Waals surface area (Å²) in [6.45, 7) is 6.06. The molecule has 1 saturated heterocycles. The molecule has 0 bridgehead atoms. The van der Waals surface area contributed by atoms with Gasteiger partial charge in [-0.2, -0.15) is 5.10 Å². The zero-order chi connectivity index (χ0) is 18.8. The van der Waals surface area contributed by atoms with Crippen LogP contribution in [0.2, 0.25) is 0 Å². The Morgan fingerprint density at radius 1 is 1.33 bits per heavy atom. The van der Waals surface area contributed by atoms with Crippen LogP contribution < -0.4 is 5.32 Å². The van der Waals surface area contributed by atoms with Crippen LogP contribution in [-0.4, -0.2) is 44.1 Å². The number of anilines is 1. The van der Waals surface area contributed by atoms with E-state index in [1.54, 1.807) is 6.20 Å². The van der Waals surface area contributed by atoms with Gasteiger partial charge in [-0.25, -0.2) is 4.98 Å². The molecule has 7 heteroatoms. The number of aromatic amines is 1. The summed E-state index contributed by atoms with van der Waals surface area (Å²) in [6, 6.07) is 9.95. The number of rotatable bonds is 5. The number of nitrogens with zero attached hydrogens (tertiary/aromatic N) is 4. The number of H-pyrrole nitrogens is 1. The minimum atomic E-state index is 0.0412. The van der Waals surface area contributed by atoms with Crippen molar-refractivity contribution in [2.24, 2.45) is 5.92 Å². The summed E-state index contributed by atoms with van der Waals surface area (Å²) >= 11 is 0. The first kappa shape index (κ1) is 17.5. The number of carbonyl (C=O) groups excluding carboxylic acids is 1. The summed E-state index contributed by atoms with van der Waals surface area (Å²) in [5.41, 5.74) is 2.74. The fraction of sp³-hybridized carbons (Fsp3) is 0.400. The van der Waals surface area contributed by atoms with E-state index in [-0.39, 0.29) is 17.7 Å². The van der Waals surface area contributed by atoms with E-state index in [1.807, 2.05) is 36.9 Å². The van der Waals surface area contributed by atoms with E-state index in [9.17, 15) is 4.79 Å². The van der Waals surface area contributed by atoms with Gasteiger partial charge in [0.05, 0.1) is 17.6 Å². The molecule has 140 valence electrons. The van der Waals surface area contributed by atoms with Crippen LogP contribution in [0.1, 0.15) is 37.6 Å². The number of aromatic nitrogens is 4. The Balaban J connectivity index is 1.47. The smallest absolute Gasteiger partial charge is 0.225 e. The molecule has 4 rings (SSSR count). The molecule has 0 radical (unpaired) electrons. The van der Waals surface area contributed by atoms with Crippen molar-refractivity contribution in [3.8, 4) is 0 Å². The number of likely N-dealkylation sites (tertiary alicyclic amines) is 1. The predicted molar refractivity (Wildman–Crippen MR) is 104 cm³/mol. The molecule has 1 aliphatic heterocycles. The number of nitrogens with one attached hydrogen (secondary N) is 2. The first-order valence-corrected chi connectivity index (χ1v) is 9.39. The lowest BCUT2D eigenvalue weighted by molar-refractivity contribution is -0.133. The highest BCUT2D eigenvalue weighted by Gasteiger charge is 2.29. The number of fused-ring (bicyclic) bond motifs is 1. The first-order valence-electron chi connectivity index (χ1n) is 9.39. The fourth-order valence-corrected chi connectivity index (χ4v) is 3.53. The lowest BCUT2D eigenvalue weighted by Gasteiger charge is -2.18. The summed E-state index contributed by atoms with van der Waals surface area (Å²) in [5, 5.41) is 11.6. The van der Waals surface area contributed by atoms with E-state index in [4.69, 9.17) is 4.98 Å². The number of pyridine rings is 2. The minimum absolute atomic E-state index is 0.0412. The number of hydrogen-bond acceptors (Lipinski definition) is 5. The van der Waals surface area contributed by atoms with Gasteiger partial charge in [0.2, 0.25) is 5.91 Å². The van der Waals surface area contributed by atoms with Gasteiger partial charge < -0.3 is 10.2 Å². The molecule has 2 N–H and O–H groups in total. The maximum absolute atomic E-state index is 12.2. The monoisotopic (exact) mass is 364 g/mol. The average molecular weight is 364 g/mol. The molecule has 1 unspecified atom stereocenters. The van der Waals surface area contributed by atoms with E-state index >= 15 is 0 Å². The van der Waals surface area contributed by atoms with Gasteiger partial charge >= 0.3 is 0 Å². The van der Waals surface area contributed by atoms with Gasteiger partial charge in [0.25, 0.3) is 0 Å². The quantitative estimate of drug-likeness (QED) is 0.727. The Hall–Kier alpha value is -2.96. The van der Waals surface area contributed by atoms with Crippen LogP contribution in [0, 0.1) is 5.92 Å². The first-order chi connectivity index (χ1) is 13.1. The molecule has 1 fully saturated rings. The van der Waals surface area contributed by atoms with Crippen LogP contribution >= 0.6 is 0 Å². The number of amides is 1. The minimum Gasteiger partial charge on any atom is -0.362 e. The topological polar surface area (TPSA) is 86.8 Å². The van der Waals surface area contributed by atoms with Crippen LogP contribution in [0.4, 0.5) is 5.82 Å². The van der Waals surface area contributed by atoms with Crippen molar-refractivity contribution in [3.05, 3.63) is 47.9 Å². The summed E-state index contributed by atoms with van der Waals surface area (Å²) in [7, 11) is 0. The second kappa shape index (κ2) is 7.34. The fourth-order valence-electron chi connectivity index (χ4n) is 3.53. The van der Waals surface area contributed by atoms with Gasteiger partial charge in [0.1, 0.15) is 0 Å². The lowest BCUT2D eigenvalue weighted by Crippen LogP contribution is -2.32. The normalized spacial score (nSPS) is 17.0. The van der Waals surface area contributed by atoms with Gasteiger partial charge in [0.15, 0.2) is 11.5 Å². The molecule has 1 atom stereocenters. The Labute approximate surface area is 158 Å². The standard InChI is InChI=1S/C20H24N6O/c1-13(2)20(27)26-10-8-14(12-26)17-7-6-16-18(24-25-19(16)23-17)22-11-15-5-3-4-9-21-15/h3-7,9,13-14H,8,10-12H2,1-2H3,(H2,22,23,24,25). The van der Waals surface area contributed by atoms with Crippen LogP contribution in [0.15, 0.2) is 36.5 Å². The highest BCUT2D eigenvalue weighted by atomic mass is 16.2. The molecule has 4 heterocycles. The zero-order valence-corrected chi connectivity index (χ0v) is 15.6. The molecule has 0 aromatic carbocycles. The molecule has 0 saturated carbocycles. The molecule has 0 spiro atoms. The van der Waals surface area contributed by atoms with Crippen LogP contribution in [0.25, 0.3) is 11.0 Å². The second-order valence-corrected chi connectivity index (χ2v) is 7.30. The number of carbonyl (C=O) groups is 1. The van der Waals surface area contributed by atoms with Crippen molar-refractivity contribution in [1.82, 2.24) is 25.1 Å². The maximum atomic E-state index is 12.2. The highest BCUT2D eigenvalue weighted by molar-refractivity contribution is 5.87. The predicted octanol–water partition coefficient (Wildman–Crippen LogP) is 2.94. The second-order valence-electron chi connectivity index (χ2n) is 7.30. The average Bonchev–Trinajstić information content (AvgIpc) is 3.33. The van der Waals surface area contributed by atoms with Crippen molar-refractivity contribution in [2.45, 2.75) is 32.7 Å². The van der Waals surface area contributed by atoms with E-state index < -0.39 is 0 Å². The molecular formula is C20H24N6O.